The van der Waals surface area contributed by atoms with Crippen LogP contribution < -0.4 is 4.72 Å². The lowest BCUT2D eigenvalue weighted by Gasteiger charge is -2.09. The zero-order valence-corrected chi connectivity index (χ0v) is 12.5. The molecule has 0 saturated carbocycles. The van der Waals surface area contributed by atoms with Gasteiger partial charge in [-0.1, -0.05) is 29.8 Å². The van der Waals surface area contributed by atoms with Crippen LogP contribution in [0.3, 0.4) is 0 Å². The first kappa shape index (κ1) is 15.9. The molecule has 0 radical (unpaired) electrons. The highest BCUT2D eigenvalue weighted by Gasteiger charge is 2.19. The maximum absolute atomic E-state index is 13.8. The van der Waals surface area contributed by atoms with Gasteiger partial charge in [0, 0.05) is 11.6 Å². The number of aliphatic hydroxyl groups is 1. The molecular formula is C14H13ClFNO3S. The molecule has 0 fully saturated rings. The van der Waals surface area contributed by atoms with Crippen molar-refractivity contribution in [1.29, 1.82) is 0 Å². The van der Waals surface area contributed by atoms with Gasteiger partial charge in [-0.3, -0.25) is 0 Å². The second kappa shape index (κ2) is 6.53. The van der Waals surface area contributed by atoms with Gasteiger partial charge >= 0.3 is 0 Å². The quantitative estimate of drug-likeness (QED) is 0.885. The van der Waals surface area contributed by atoms with Crippen molar-refractivity contribution in [2.75, 3.05) is 0 Å². The second-order valence-electron chi connectivity index (χ2n) is 4.38. The zero-order valence-electron chi connectivity index (χ0n) is 10.9. The molecule has 21 heavy (non-hydrogen) atoms. The van der Waals surface area contributed by atoms with E-state index in [2.05, 4.69) is 4.72 Å². The summed E-state index contributed by atoms with van der Waals surface area (Å²) in [4.78, 5) is -0.457. The Hall–Kier alpha value is -1.47. The van der Waals surface area contributed by atoms with Gasteiger partial charge in [0.15, 0.2) is 0 Å². The fraction of sp³-hybridized carbons (Fsp3) is 0.143. The minimum Gasteiger partial charge on any atom is -0.392 e. The average molecular weight is 330 g/mol. The summed E-state index contributed by atoms with van der Waals surface area (Å²) in [7, 11) is -3.98. The molecule has 2 aromatic carbocycles. The van der Waals surface area contributed by atoms with Crippen molar-refractivity contribution in [3.05, 3.63) is 64.4 Å². The number of halogens is 2. The SMILES string of the molecule is O=S(=O)(NCc1cccc(Cl)c1)c1ccc(CO)cc1F. The van der Waals surface area contributed by atoms with Crippen LogP contribution in [0.15, 0.2) is 47.4 Å². The first-order valence-corrected chi connectivity index (χ1v) is 7.92. The Kier molecular flexibility index (Phi) is 4.95. The number of hydrogen-bond acceptors (Lipinski definition) is 3. The fourth-order valence-corrected chi connectivity index (χ4v) is 3.05. The molecule has 0 unspecified atom stereocenters. The predicted octanol–water partition coefficient (Wildman–Crippen LogP) is 2.45. The number of hydrogen-bond donors (Lipinski definition) is 2. The molecule has 7 heteroatoms. The molecule has 4 nitrogen and oxygen atoms in total. The Morgan fingerprint density at radius 3 is 2.52 bits per heavy atom. The topological polar surface area (TPSA) is 66.4 Å². The number of nitrogens with one attached hydrogen (secondary N) is 1. The van der Waals surface area contributed by atoms with Gasteiger partial charge in [0.05, 0.1) is 6.61 Å². The standard InChI is InChI=1S/C14H13ClFNO3S/c15-12-3-1-2-10(6-12)8-17-21(19,20)14-5-4-11(9-18)7-13(14)16/h1-7,17-18H,8-9H2. The number of benzene rings is 2. The Bertz CT molecular complexity index is 750. The summed E-state index contributed by atoms with van der Waals surface area (Å²) < 4.78 is 40.2. The highest BCUT2D eigenvalue weighted by molar-refractivity contribution is 7.89. The van der Waals surface area contributed by atoms with E-state index in [1.165, 1.54) is 6.07 Å². The smallest absolute Gasteiger partial charge is 0.243 e. The van der Waals surface area contributed by atoms with Crippen molar-refractivity contribution < 1.29 is 17.9 Å². The maximum Gasteiger partial charge on any atom is 0.243 e. The third-order valence-electron chi connectivity index (χ3n) is 2.82. The van der Waals surface area contributed by atoms with Crippen molar-refractivity contribution in [2.45, 2.75) is 18.0 Å². The van der Waals surface area contributed by atoms with Gasteiger partial charge in [-0.15, -0.1) is 0 Å². The van der Waals surface area contributed by atoms with Crippen LogP contribution in [0.1, 0.15) is 11.1 Å². The molecule has 0 bridgehead atoms. The summed E-state index contributed by atoms with van der Waals surface area (Å²) in [5.74, 6) is -0.903. The summed E-state index contributed by atoms with van der Waals surface area (Å²) in [6, 6.07) is 10.2. The van der Waals surface area contributed by atoms with E-state index in [0.717, 1.165) is 12.1 Å². The van der Waals surface area contributed by atoms with Crippen LogP contribution in [0.2, 0.25) is 5.02 Å². The van der Waals surface area contributed by atoms with Crippen LogP contribution in [0.4, 0.5) is 4.39 Å². The van der Waals surface area contributed by atoms with Gasteiger partial charge in [-0.2, -0.15) is 0 Å². The molecule has 0 heterocycles. The van der Waals surface area contributed by atoms with Crippen LogP contribution in [0.5, 0.6) is 0 Å². The molecule has 0 aromatic heterocycles. The van der Waals surface area contributed by atoms with E-state index < -0.39 is 20.7 Å². The van der Waals surface area contributed by atoms with E-state index in [0.29, 0.717) is 16.1 Å². The predicted molar refractivity (Wildman–Crippen MR) is 77.8 cm³/mol. The van der Waals surface area contributed by atoms with E-state index in [4.69, 9.17) is 16.7 Å². The zero-order chi connectivity index (χ0) is 15.5. The summed E-state index contributed by atoms with van der Waals surface area (Å²) in [6.45, 7) is -0.350. The van der Waals surface area contributed by atoms with Crippen LogP contribution in [-0.2, 0) is 23.2 Å². The second-order valence-corrected chi connectivity index (χ2v) is 6.55. The third-order valence-corrected chi connectivity index (χ3v) is 4.49. The molecule has 0 saturated heterocycles. The first-order valence-electron chi connectivity index (χ1n) is 6.06. The number of aliphatic hydroxyl groups excluding tert-OH is 1. The Balaban J connectivity index is 2.19. The molecule has 0 aliphatic rings. The lowest BCUT2D eigenvalue weighted by Crippen LogP contribution is -2.24. The highest BCUT2D eigenvalue weighted by Crippen LogP contribution is 2.17. The largest absolute Gasteiger partial charge is 0.392 e. The molecule has 2 N–H and O–H groups in total. The van der Waals surface area contributed by atoms with Gasteiger partial charge in [0.2, 0.25) is 10.0 Å². The number of rotatable bonds is 5. The average Bonchev–Trinajstić information content (AvgIpc) is 2.45. The molecule has 0 aliphatic heterocycles. The molecule has 2 rings (SSSR count). The molecule has 112 valence electrons. The van der Waals surface area contributed by atoms with E-state index in [-0.39, 0.29) is 13.2 Å². The van der Waals surface area contributed by atoms with Crippen molar-refractivity contribution in [2.24, 2.45) is 0 Å². The summed E-state index contributed by atoms with van der Waals surface area (Å²) in [5, 5.41) is 9.38. The first-order chi connectivity index (χ1) is 9.92. The minimum absolute atomic E-state index is 0.00405. The van der Waals surface area contributed by atoms with Crippen molar-refractivity contribution in [3.63, 3.8) is 0 Å². The highest BCUT2D eigenvalue weighted by atomic mass is 35.5. The van der Waals surface area contributed by atoms with Crippen LogP contribution in [0.25, 0.3) is 0 Å². The lowest BCUT2D eigenvalue weighted by atomic mass is 10.2. The summed E-state index contributed by atoms with van der Waals surface area (Å²) >= 11 is 5.81. The molecule has 0 atom stereocenters. The summed E-state index contributed by atoms with van der Waals surface area (Å²) in [6.07, 6.45) is 0. The van der Waals surface area contributed by atoms with Gasteiger partial charge < -0.3 is 5.11 Å². The summed E-state index contributed by atoms with van der Waals surface area (Å²) in [5.41, 5.74) is 0.972. The van der Waals surface area contributed by atoms with Crippen LogP contribution in [-0.4, -0.2) is 13.5 Å². The third kappa shape index (κ3) is 4.01. The van der Waals surface area contributed by atoms with Crippen LogP contribution >= 0.6 is 11.6 Å². The van der Waals surface area contributed by atoms with Gasteiger partial charge in [-0.05, 0) is 35.4 Å². The molecule has 0 aliphatic carbocycles. The lowest BCUT2D eigenvalue weighted by molar-refractivity contribution is 0.281. The van der Waals surface area contributed by atoms with Gasteiger partial charge in [-0.25, -0.2) is 17.5 Å². The van der Waals surface area contributed by atoms with E-state index >= 15 is 0 Å². The van der Waals surface area contributed by atoms with Crippen LogP contribution in [0, 0.1) is 5.82 Å². The monoisotopic (exact) mass is 329 g/mol. The number of sulfonamides is 1. The van der Waals surface area contributed by atoms with Crippen molar-refractivity contribution in [1.82, 2.24) is 4.72 Å². The van der Waals surface area contributed by atoms with Gasteiger partial charge in [0.25, 0.3) is 0 Å². The fourth-order valence-electron chi connectivity index (χ4n) is 1.76. The van der Waals surface area contributed by atoms with E-state index in [9.17, 15) is 12.8 Å². The van der Waals surface area contributed by atoms with Gasteiger partial charge in [0.1, 0.15) is 10.7 Å². The molecular weight excluding hydrogens is 317 g/mol. The normalized spacial score (nSPS) is 11.6. The molecule has 0 spiro atoms. The Morgan fingerprint density at radius 1 is 1.14 bits per heavy atom. The molecule has 0 amide bonds. The van der Waals surface area contributed by atoms with E-state index in [1.54, 1.807) is 24.3 Å². The van der Waals surface area contributed by atoms with Crippen molar-refractivity contribution in [3.8, 4) is 0 Å². The Morgan fingerprint density at radius 2 is 1.90 bits per heavy atom. The molecule has 2 aromatic rings. The Labute approximate surface area is 127 Å². The van der Waals surface area contributed by atoms with E-state index in [1.807, 2.05) is 0 Å². The van der Waals surface area contributed by atoms with Crippen molar-refractivity contribution >= 4 is 21.6 Å². The minimum atomic E-state index is -3.98. The maximum atomic E-state index is 13.8.